The molecule has 0 fully saturated rings. The van der Waals surface area contributed by atoms with Crippen LogP contribution < -0.4 is 9.44 Å². The number of rotatable bonds is 4. The van der Waals surface area contributed by atoms with E-state index in [-0.39, 0.29) is 11.3 Å². The van der Waals surface area contributed by atoms with Gasteiger partial charge >= 0.3 is 22.3 Å². The molecule has 0 saturated heterocycles. The van der Waals surface area contributed by atoms with Gasteiger partial charge < -0.3 is 9.84 Å². The Morgan fingerprint density at radius 2 is 2.11 bits per heavy atom. The maximum Gasteiger partial charge on any atom is 0.422 e. The van der Waals surface area contributed by atoms with Crippen LogP contribution in [-0.4, -0.2) is 37.7 Å². The van der Waals surface area contributed by atoms with Crippen LogP contribution in [0.25, 0.3) is 0 Å². The fourth-order valence-corrected chi connectivity index (χ4v) is 1.79. The van der Waals surface area contributed by atoms with Crippen molar-refractivity contribution < 1.29 is 27.9 Å². The molecule has 0 unspecified atom stereocenters. The lowest BCUT2D eigenvalue weighted by atomic mass is 10.2. The van der Waals surface area contributed by atoms with E-state index in [1.54, 1.807) is 0 Å². The summed E-state index contributed by atoms with van der Waals surface area (Å²) in [6, 6.07) is 1.11. The van der Waals surface area contributed by atoms with Crippen LogP contribution in [-0.2, 0) is 14.9 Å². The highest BCUT2D eigenvalue weighted by Gasteiger charge is 2.18. The first-order valence-electron chi connectivity index (χ1n) is 4.41. The maximum absolute atomic E-state index is 11.4. The molecule has 0 aliphatic rings. The van der Waals surface area contributed by atoms with E-state index in [4.69, 9.17) is 5.11 Å². The normalized spacial score (nSPS) is 10.5. The fraction of sp³-hybridized carbons (Fsp3) is 0.125. The number of amides is 1. The summed E-state index contributed by atoms with van der Waals surface area (Å²) in [7, 11) is -3.30. The largest absolute Gasteiger partial charge is 0.478 e. The Balaban J connectivity index is 2.98. The second-order valence-electron chi connectivity index (χ2n) is 2.93. The van der Waals surface area contributed by atoms with E-state index < -0.39 is 22.3 Å². The van der Waals surface area contributed by atoms with Gasteiger partial charge in [0.2, 0.25) is 0 Å². The Morgan fingerprint density at radius 1 is 1.44 bits per heavy atom. The van der Waals surface area contributed by atoms with Crippen LogP contribution in [0.4, 0.5) is 10.5 Å². The SMILES string of the molecule is COC(=O)NS(=O)(=O)Nc1cnccc1C(=O)O. The highest BCUT2D eigenvalue weighted by Crippen LogP contribution is 2.14. The third-order valence-electron chi connectivity index (χ3n) is 1.70. The highest BCUT2D eigenvalue weighted by atomic mass is 32.2. The number of pyridine rings is 1. The molecule has 0 saturated carbocycles. The van der Waals surface area contributed by atoms with Crippen LogP contribution in [0, 0.1) is 0 Å². The first kappa shape index (κ1) is 13.7. The van der Waals surface area contributed by atoms with Crippen molar-refractivity contribution >= 4 is 28.0 Å². The summed E-state index contributed by atoms with van der Waals surface area (Å²) >= 11 is 0. The number of carbonyl (C=O) groups is 2. The summed E-state index contributed by atoms with van der Waals surface area (Å²) in [4.78, 5) is 25.1. The summed E-state index contributed by atoms with van der Waals surface area (Å²) in [5.74, 6) is -1.34. The Morgan fingerprint density at radius 3 is 2.67 bits per heavy atom. The zero-order valence-corrected chi connectivity index (χ0v) is 9.89. The average Bonchev–Trinajstić information content (AvgIpc) is 2.28. The number of aromatic carboxylic acids is 1. The molecule has 1 aromatic rings. The van der Waals surface area contributed by atoms with Crippen molar-refractivity contribution in [2.75, 3.05) is 11.8 Å². The molecule has 98 valence electrons. The molecule has 0 aliphatic carbocycles. The Hall–Kier alpha value is -2.36. The molecule has 1 aromatic heterocycles. The number of carbonyl (C=O) groups excluding carboxylic acids is 1. The summed E-state index contributed by atoms with van der Waals surface area (Å²) < 4.78 is 30.3. The molecule has 0 aromatic carbocycles. The van der Waals surface area contributed by atoms with E-state index in [0.717, 1.165) is 19.4 Å². The molecule has 9 nitrogen and oxygen atoms in total. The molecule has 3 N–H and O–H groups in total. The van der Waals surface area contributed by atoms with Gasteiger partial charge in [0, 0.05) is 6.20 Å². The zero-order chi connectivity index (χ0) is 13.8. The van der Waals surface area contributed by atoms with Gasteiger partial charge in [-0.3, -0.25) is 9.71 Å². The topological polar surface area (TPSA) is 135 Å². The lowest BCUT2D eigenvalue weighted by Gasteiger charge is -2.09. The van der Waals surface area contributed by atoms with Gasteiger partial charge in [0.15, 0.2) is 0 Å². The van der Waals surface area contributed by atoms with Gasteiger partial charge in [-0.05, 0) is 6.07 Å². The number of nitrogens with one attached hydrogen (secondary N) is 2. The van der Waals surface area contributed by atoms with Crippen LogP contribution in [0.15, 0.2) is 18.5 Å². The van der Waals surface area contributed by atoms with E-state index >= 15 is 0 Å². The molecule has 0 radical (unpaired) electrons. The minimum absolute atomic E-state index is 0.276. The lowest BCUT2D eigenvalue weighted by Crippen LogP contribution is -2.35. The number of ether oxygens (including phenoxy) is 1. The van der Waals surface area contributed by atoms with Crippen LogP contribution >= 0.6 is 0 Å². The highest BCUT2D eigenvalue weighted by molar-refractivity contribution is 7.91. The van der Waals surface area contributed by atoms with Crippen molar-refractivity contribution in [2.45, 2.75) is 0 Å². The number of carboxylic acids is 1. The van der Waals surface area contributed by atoms with E-state index in [0.29, 0.717) is 0 Å². The van der Waals surface area contributed by atoms with Gasteiger partial charge in [-0.2, -0.15) is 8.42 Å². The number of hydrogen-bond acceptors (Lipinski definition) is 6. The molecule has 1 heterocycles. The quantitative estimate of drug-likeness (QED) is 0.692. The van der Waals surface area contributed by atoms with Gasteiger partial charge in [-0.1, -0.05) is 0 Å². The van der Waals surface area contributed by atoms with Gasteiger partial charge in [-0.15, -0.1) is 0 Å². The first-order valence-corrected chi connectivity index (χ1v) is 5.90. The van der Waals surface area contributed by atoms with Crippen molar-refractivity contribution in [1.82, 2.24) is 9.71 Å². The number of nitrogens with zero attached hydrogens (tertiary/aromatic N) is 1. The molecule has 0 bridgehead atoms. The Kier molecular flexibility index (Phi) is 4.05. The molecule has 1 rings (SSSR count). The standard InChI is InChI=1S/C8H9N3O6S/c1-17-8(14)11-18(15,16)10-6-4-9-3-2-5(6)7(12)13/h2-4,10H,1H3,(H,11,14)(H,12,13). The molecule has 0 aliphatic heterocycles. The van der Waals surface area contributed by atoms with E-state index in [1.807, 2.05) is 4.72 Å². The van der Waals surface area contributed by atoms with Crippen LogP contribution in [0.5, 0.6) is 0 Å². The second kappa shape index (κ2) is 5.31. The Bertz CT molecular complexity index is 570. The number of hydrogen-bond donors (Lipinski definition) is 3. The molecule has 0 atom stereocenters. The van der Waals surface area contributed by atoms with Crippen molar-refractivity contribution in [3.63, 3.8) is 0 Å². The number of methoxy groups -OCH3 is 1. The van der Waals surface area contributed by atoms with Crippen LogP contribution in [0.2, 0.25) is 0 Å². The predicted molar refractivity (Wildman–Crippen MR) is 59.3 cm³/mol. The van der Waals surface area contributed by atoms with Crippen molar-refractivity contribution in [3.05, 3.63) is 24.0 Å². The van der Waals surface area contributed by atoms with Crippen molar-refractivity contribution in [1.29, 1.82) is 0 Å². The molecular formula is C8H9N3O6S. The van der Waals surface area contributed by atoms with Crippen molar-refractivity contribution in [2.24, 2.45) is 0 Å². The third-order valence-corrected chi connectivity index (χ3v) is 2.62. The monoisotopic (exact) mass is 275 g/mol. The maximum atomic E-state index is 11.4. The molecule has 1 amide bonds. The molecule has 10 heteroatoms. The minimum atomic E-state index is -4.28. The number of carboxylic acid groups (broad SMARTS) is 1. The van der Waals surface area contributed by atoms with Crippen molar-refractivity contribution in [3.8, 4) is 0 Å². The van der Waals surface area contributed by atoms with Gasteiger partial charge in [0.25, 0.3) is 0 Å². The summed E-state index contributed by atoms with van der Waals surface area (Å²) in [6.45, 7) is 0. The first-order chi connectivity index (χ1) is 8.35. The summed E-state index contributed by atoms with van der Waals surface area (Å²) in [5.41, 5.74) is -0.582. The van der Waals surface area contributed by atoms with Crippen LogP contribution in [0.1, 0.15) is 10.4 Å². The number of aromatic nitrogens is 1. The van der Waals surface area contributed by atoms with E-state index in [1.165, 1.54) is 10.9 Å². The number of anilines is 1. The Labute approximate surface area is 102 Å². The average molecular weight is 275 g/mol. The van der Waals surface area contributed by atoms with E-state index in [2.05, 4.69) is 9.72 Å². The zero-order valence-electron chi connectivity index (χ0n) is 9.08. The fourth-order valence-electron chi connectivity index (χ4n) is 0.984. The van der Waals surface area contributed by atoms with Gasteiger partial charge in [-0.25, -0.2) is 14.3 Å². The molecular weight excluding hydrogens is 266 g/mol. The van der Waals surface area contributed by atoms with Gasteiger partial charge in [0.1, 0.15) is 0 Å². The second-order valence-corrected chi connectivity index (χ2v) is 4.34. The smallest absolute Gasteiger partial charge is 0.422 e. The lowest BCUT2D eigenvalue weighted by molar-refractivity contribution is 0.0698. The molecule has 18 heavy (non-hydrogen) atoms. The summed E-state index contributed by atoms with van der Waals surface area (Å²) in [5, 5.41) is 8.82. The third kappa shape index (κ3) is 3.59. The predicted octanol–water partition coefficient (Wildman–Crippen LogP) is -0.208. The van der Waals surface area contributed by atoms with Crippen LogP contribution in [0.3, 0.4) is 0 Å². The summed E-state index contributed by atoms with van der Waals surface area (Å²) in [6.07, 6.45) is 0.984. The van der Waals surface area contributed by atoms with Gasteiger partial charge in [0.05, 0.1) is 24.6 Å². The molecule has 0 spiro atoms. The van der Waals surface area contributed by atoms with E-state index in [9.17, 15) is 18.0 Å². The minimum Gasteiger partial charge on any atom is -0.478 e.